The highest BCUT2D eigenvalue weighted by atomic mass is 35.5. The second-order valence-electron chi connectivity index (χ2n) is 4.01. The molecule has 1 aromatic carbocycles. The molecule has 0 amide bonds. The number of aryl methyl sites for hydroxylation is 1. The quantitative estimate of drug-likeness (QED) is 0.826. The molecule has 0 aromatic heterocycles. The number of esters is 1. The molecule has 3 nitrogen and oxygen atoms in total. The van der Waals surface area contributed by atoms with E-state index in [1.165, 1.54) is 14.0 Å². The zero-order valence-electron chi connectivity index (χ0n) is 9.58. The zero-order valence-corrected chi connectivity index (χ0v) is 10.3. The van der Waals surface area contributed by atoms with Gasteiger partial charge in [-0.25, -0.2) is 4.79 Å². The summed E-state index contributed by atoms with van der Waals surface area (Å²) in [7, 11) is 1.25. The smallest absolute Gasteiger partial charge is 0.337 e. The summed E-state index contributed by atoms with van der Waals surface area (Å²) in [6.07, 6.45) is 0.187. The van der Waals surface area contributed by atoms with Gasteiger partial charge in [-0.2, -0.15) is 0 Å². The number of rotatable bonds is 3. The second kappa shape index (κ2) is 4.85. The summed E-state index contributed by atoms with van der Waals surface area (Å²) in [4.78, 5) is 11.3. The Morgan fingerprint density at radius 2 is 2.19 bits per heavy atom. The van der Waals surface area contributed by atoms with E-state index in [0.717, 1.165) is 11.1 Å². The maximum absolute atomic E-state index is 11.3. The summed E-state index contributed by atoms with van der Waals surface area (Å²) < 4.78 is 4.54. The van der Waals surface area contributed by atoms with E-state index in [1.54, 1.807) is 12.1 Å². The highest BCUT2D eigenvalue weighted by Gasteiger charge is 2.32. The van der Waals surface area contributed by atoms with Gasteiger partial charge in [0.05, 0.1) is 7.11 Å². The number of hydrogen-bond acceptors (Lipinski definition) is 3. The Morgan fingerprint density at radius 3 is 2.75 bits per heavy atom. The lowest BCUT2D eigenvalue weighted by molar-refractivity contribution is -0.160. The van der Waals surface area contributed by atoms with Crippen molar-refractivity contribution in [2.75, 3.05) is 7.11 Å². The Labute approximate surface area is 100.0 Å². The van der Waals surface area contributed by atoms with Crippen LogP contribution >= 0.6 is 11.6 Å². The van der Waals surface area contributed by atoms with Gasteiger partial charge in [0.2, 0.25) is 0 Å². The van der Waals surface area contributed by atoms with Crippen molar-refractivity contribution in [3.05, 3.63) is 34.3 Å². The standard InChI is InChI=1S/C12H15ClO3/c1-8-4-5-10(13)6-9(8)7-12(2,15)11(14)16-3/h4-6,15H,7H2,1-3H3. The molecule has 0 saturated heterocycles. The van der Waals surface area contributed by atoms with Crippen LogP contribution in [0.15, 0.2) is 18.2 Å². The molecule has 16 heavy (non-hydrogen) atoms. The van der Waals surface area contributed by atoms with E-state index in [4.69, 9.17) is 11.6 Å². The lowest BCUT2D eigenvalue weighted by atomic mass is 9.94. The fourth-order valence-corrected chi connectivity index (χ4v) is 1.69. The van der Waals surface area contributed by atoms with Gasteiger partial charge >= 0.3 is 5.97 Å². The number of hydrogen-bond donors (Lipinski definition) is 1. The van der Waals surface area contributed by atoms with E-state index in [0.29, 0.717) is 5.02 Å². The molecule has 0 aliphatic carbocycles. The van der Waals surface area contributed by atoms with Gasteiger partial charge in [-0.1, -0.05) is 17.7 Å². The van der Waals surface area contributed by atoms with Crippen molar-refractivity contribution >= 4 is 17.6 Å². The van der Waals surface area contributed by atoms with Crippen molar-refractivity contribution in [2.45, 2.75) is 25.9 Å². The van der Waals surface area contributed by atoms with Gasteiger partial charge in [-0.15, -0.1) is 0 Å². The molecular weight excluding hydrogens is 228 g/mol. The Hall–Kier alpha value is -1.06. The molecule has 0 radical (unpaired) electrons. The van der Waals surface area contributed by atoms with Crippen molar-refractivity contribution in [3.8, 4) is 0 Å². The average Bonchev–Trinajstić information content (AvgIpc) is 2.22. The molecule has 0 spiro atoms. The molecule has 1 aromatic rings. The molecule has 1 unspecified atom stereocenters. The van der Waals surface area contributed by atoms with Crippen LogP contribution in [-0.4, -0.2) is 23.8 Å². The number of carbonyl (C=O) groups excluding carboxylic acids is 1. The first-order valence-electron chi connectivity index (χ1n) is 4.92. The maximum atomic E-state index is 11.3. The molecule has 1 rings (SSSR count). The average molecular weight is 243 g/mol. The Kier molecular flexibility index (Phi) is 3.94. The summed E-state index contributed by atoms with van der Waals surface area (Å²) in [5, 5.41) is 10.5. The number of aliphatic hydroxyl groups is 1. The predicted octanol–water partition coefficient (Wildman–Crippen LogP) is 2.11. The van der Waals surface area contributed by atoms with Crippen LogP contribution < -0.4 is 0 Å². The van der Waals surface area contributed by atoms with Crippen LogP contribution in [0.25, 0.3) is 0 Å². The number of ether oxygens (including phenoxy) is 1. The molecule has 0 fully saturated rings. The van der Waals surface area contributed by atoms with Crippen molar-refractivity contribution < 1.29 is 14.6 Å². The molecule has 0 aliphatic rings. The maximum Gasteiger partial charge on any atom is 0.337 e. The van der Waals surface area contributed by atoms with E-state index in [2.05, 4.69) is 4.74 Å². The summed E-state index contributed by atoms with van der Waals surface area (Å²) in [5.74, 6) is -0.646. The fourth-order valence-electron chi connectivity index (χ4n) is 1.49. The van der Waals surface area contributed by atoms with Gasteiger partial charge in [-0.3, -0.25) is 0 Å². The zero-order chi connectivity index (χ0) is 12.3. The molecule has 1 N–H and O–H groups in total. The number of carbonyl (C=O) groups is 1. The van der Waals surface area contributed by atoms with E-state index in [-0.39, 0.29) is 6.42 Å². The van der Waals surface area contributed by atoms with Crippen LogP contribution in [-0.2, 0) is 16.0 Å². The summed E-state index contributed by atoms with van der Waals surface area (Å²) in [5.41, 5.74) is 0.293. The lowest BCUT2D eigenvalue weighted by Gasteiger charge is -2.21. The normalized spacial score (nSPS) is 14.3. The van der Waals surface area contributed by atoms with Crippen LogP contribution in [0, 0.1) is 6.92 Å². The minimum atomic E-state index is -1.52. The van der Waals surface area contributed by atoms with E-state index in [1.807, 2.05) is 13.0 Å². The molecule has 4 heteroatoms. The summed E-state index contributed by atoms with van der Waals surface area (Å²) in [6, 6.07) is 5.37. The van der Waals surface area contributed by atoms with Crippen molar-refractivity contribution in [2.24, 2.45) is 0 Å². The minimum absolute atomic E-state index is 0.187. The van der Waals surface area contributed by atoms with E-state index >= 15 is 0 Å². The number of halogens is 1. The van der Waals surface area contributed by atoms with Gasteiger partial charge in [0.25, 0.3) is 0 Å². The molecule has 0 bridgehead atoms. The molecule has 0 aliphatic heterocycles. The summed E-state index contributed by atoms with van der Waals surface area (Å²) in [6.45, 7) is 3.33. The van der Waals surface area contributed by atoms with Gasteiger partial charge in [0, 0.05) is 11.4 Å². The van der Waals surface area contributed by atoms with E-state index < -0.39 is 11.6 Å². The van der Waals surface area contributed by atoms with Crippen molar-refractivity contribution in [3.63, 3.8) is 0 Å². The second-order valence-corrected chi connectivity index (χ2v) is 4.45. The minimum Gasteiger partial charge on any atom is -0.467 e. The number of methoxy groups -OCH3 is 1. The highest BCUT2D eigenvalue weighted by Crippen LogP contribution is 2.21. The van der Waals surface area contributed by atoms with Crippen LogP contribution in [0.3, 0.4) is 0 Å². The van der Waals surface area contributed by atoms with Crippen LogP contribution in [0.5, 0.6) is 0 Å². The van der Waals surface area contributed by atoms with Crippen molar-refractivity contribution in [1.29, 1.82) is 0 Å². The largest absolute Gasteiger partial charge is 0.467 e. The fraction of sp³-hybridized carbons (Fsp3) is 0.417. The van der Waals surface area contributed by atoms with Crippen LogP contribution in [0.2, 0.25) is 5.02 Å². The van der Waals surface area contributed by atoms with Crippen molar-refractivity contribution in [1.82, 2.24) is 0 Å². The molecular formula is C12H15ClO3. The van der Waals surface area contributed by atoms with E-state index in [9.17, 15) is 9.90 Å². The number of benzene rings is 1. The van der Waals surface area contributed by atoms with Gasteiger partial charge in [0.1, 0.15) is 0 Å². The van der Waals surface area contributed by atoms with Crippen LogP contribution in [0.4, 0.5) is 0 Å². The summed E-state index contributed by atoms with van der Waals surface area (Å²) >= 11 is 5.86. The molecule has 88 valence electrons. The third-order valence-electron chi connectivity index (χ3n) is 2.47. The third kappa shape index (κ3) is 2.97. The first kappa shape index (κ1) is 13.0. The Balaban J connectivity index is 2.95. The Bertz CT molecular complexity index is 399. The molecule has 0 heterocycles. The monoisotopic (exact) mass is 242 g/mol. The highest BCUT2D eigenvalue weighted by molar-refractivity contribution is 6.30. The molecule has 1 atom stereocenters. The van der Waals surface area contributed by atoms with Crippen LogP contribution in [0.1, 0.15) is 18.1 Å². The SMILES string of the molecule is COC(=O)C(C)(O)Cc1cc(Cl)ccc1C. The van der Waals surface area contributed by atoms with Gasteiger partial charge < -0.3 is 9.84 Å². The molecule has 0 saturated carbocycles. The van der Waals surface area contributed by atoms with Gasteiger partial charge in [-0.05, 0) is 37.1 Å². The first-order valence-corrected chi connectivity index (χ1v) is 5.30. The third-order valence-corrected chi connectivity index (χ3v) is 2.71. The lowest BCUT2D eigenvalue weighted by Crippen LogP contribution is -2.38. The first-order chi connectivity index (χ1) is 7.36. The Morgan fingerprint density at radius 1 is 1.56 bits per heavy atom. The topological polar surface area (TPSA) is 46.5 Å². The predicted molar refractivity (Wildman–Crippen MR) is 62.5 cm³/mol. The van der Waals surface area contributed by atoms with Gasteiger partial charge in [0.15, 0.2) is 5.60 Å².